The summed E-state index contributed by atoms with van der Waals surface area (Å²) in [5, 5.41) is 8.28. The van der Waals surface area contributed by atoms with E-state index in [0.29, 0.717) is 0 Å². The number of ether oxygens (including phenoxy) is 1. The topological polar surface area (TPSA) is 63.6 Å². The molecule has 0 spiro atoms. The van der Waals surface area contributed by atoms with Crippen LogP contribution in [0.1, 0.15) is 20.3 Å². The van der Waals surface area contributed by atoms with Crippen LogP contribution in [-0.2, 0) is 14.3 Å². The van der Waals surface area contributed by atoms with Gasteiger partial charge in [-0.1, -0.05) is 13.8 Å². The van der Waals surface area contributed by atoms with Crippen molar-refractivity contribution in [2.24, 2.45) is 5.92 Å². The zero-order valence-electron chi connectivity index (χ0n) is 15.6. The first-order valence-corrected chi connectivity index (χ1v) is 7.94. The molecule has 0 aliphatic heterocycles. The predicted molar refractivity (Wildman–Crippen MR) is 76.9 cm³/mol. The van der Waals surface area contributed by atoms with Crippen molar-refractivity contribution >= 4 is 11.9 Å². The second-order valence-corrected chi connectivity index (χ2v) is 6.59. The normalized spacial score (nSPS) is 15.9. The molecule has 0 rings (SSSR count). The van der Waals surface area contributed by atoms with E-state index >= 15 is 0 Å². The van der Waals surface area contributed by atoms with Gasteiger partial charge in [0.05, 0.1) is 6.42 Å². The monoisotopic (exact) mass is 504 g/mol. The van der Waals surface area contributed by atoms with Crippen LogP contribution < -0.4 is 0 Å². The highest BCUT2D eigenvalue weighted by Gasteiger charge is 2.90. The number of hydrogen-bond acceptors (Lipinski definition) is 3. The van der Waals surface area contributed by atoms with Gasteiger partial charge in [0, 0.05) is 12.2 Å². The predicted octanol–water partition coefficient (Wildman–Crippen LogP) is 5.32. The molecule has 0 aliphatic carbocycles. The van der Waals surface area contributed by atoms with E-state index in [4.69, 9.17) is 5.11 Å². The van der Waals surface area contributed by atoms with Crippen LogP contribution in [0.2, 0.25) is 0 Å². The average molecular weight is 504 g/mol. The lowest BCUT2D eigenvalue weighted by Crippen LogP contribution is -2.70. The first-order chi connectivity index (χ1) is 13.9. The molecule has 0 aromatic carbocycles. The number of carboxylic acids is 1. The molecule has 0 radical (unpaired) electrons. The third kappa shape index (κ3) is 5.39. The third-order valence-corrected chi connectivity index (χ3v) is 3.83. The van der Waals surface area contributed by atoms with Crippen LogP contribution in [0.15, 0.2) is 12.2 Å². The van der Waals surface area contributed by atoms with Gasteiger partial charge in [-0.3, -0.25) is 0 Å². The molecule has 0 fully saturated rings. The second kappa shape index (κ2) is 8.96. The smallest absolute Gasteiger partial charge is 0.460 e. The van der Waals surface area contributed by atoms with Crippen molar-refractivity contribution < 1.29 is 76.5 Å². The summed E-state index contributed by atoms with van der Waals surface area (Å²) in [6.07, 6.45) is -12.6. The van der Waals surface area contributed by atoms with Crippen molar-refractivity contribution in [3.05, 3.63) is 12.2 Å². The fourth-order valence-electron chi connectivity index (χ4n) is 1.92. The van der Waals surface area contributed by atoms with Gasteiger partial charge >= 0.3 is 47.7 Å². The van der Waals surface area contributed by atoms with E-state index in [9.17, 15) is 66.7 Å². The Labute approximate surface area is 170 Å². The Bertz CT molecular complexity index is 725. The molecule has 1 unspecified atom stereocenters. The number of carbonyl (C=O) groups is 2. The van der Waals surface area contributed by atoms with Crippen LogP contribution in [0.4, 0.5) is 57.1 Å². The molecule has 0 bridgehead atoms. The molecule has 0 amide bonds. The van der Waals surface area contributed by atoms with Gasteiger partial charge in [0.15, 0.2) is 0 Å². The van der Waals surface area contributed by atoms with Crippen LogP contribution in [0.25, 0.3) is 0 Å². The summed E-state index contributed by atoms with van der Waals surface area (Å²) in [6, 6.07) is 0. The SMILES string of the molecule is CC(C)C(CC(F)(F)C(F)(F)C(F)(F)C(F)(F)C(F)(F)C(F)(F)F)OC(=O)C=CC(=O)O. The van der Waals surface area contributed by atoms with Crippen LogP contribution in [0, 0.1) is 5.92 Å². The average Bonchev–Trinajstić information content (AvgIpc) is 2.57. The Balaban J connectivity index is 6.14. The molecule has 0 aromatic rings. The van der Waals surface area contributed by atoms with E-state index < -0.39 is 66.2 Å². The van der Waals surface area contributed by atoms with Gasteiger partial charge in [-0.25, -0.2) is 9.59 Å². The number of carboxylic acid groups (broad SMARTS) is 1. The van der Waals surface area contributed by atoms with Crippen molar-refractivity contribution in [1.82, 2.24) is 0 Å². The number of rotatable bonds is 10. The van der Waals surface area contributed by atoms with E-state index in [-0.39, 0.29) is 12.2 Å². The number of hydrogen-bond donors (Lipinski definition) is 1. The van der Waals surface area contributed by atoms with Gasteiger partial charge in [-0.15, -0.1) is 0 Å². The summed E-state index contributed by atoms with van der Waals surface area (Å²) in [7, 11) is 0. The van der Waals surface area contributed by atoms with Crippen LogP contribution in [-0.4, -0.2) is 58.9 Å². The van der Waals surface area contributed by atoms with Gasteiger partial charge in [0.2, 0.25) is 0 Å². The van der Waals surface area contributed by atoms with Crippen LogP contribution in [0.5, 0.6) is 0 Å². The zero-order valence-corrected chi connectivity index (χ0v) is 15.6. The molecular weight excluding hydrogens is 491 g/mol. The van der Waals surface area contributed by atoms with Crippen molar-refractivity contribution in [3.63, 3.8) is 0 Å². The highest BCUT2D eigenvalue weighted by molar-refractivity contribution is 5.90. The summed E-state index contributed by atoms with van der Waals surface area (Å²) >= 11 is 0. The first kappa shape index (κ1) is 29.8. The molecule has 0 aliphatic rings. The maximum atomic E-state index is 13.9. The maximum Gasteiger partial charge on any atom is 0.460 e. The lowest BCUT2D eigenvalue weighted by atomic mass is 9.89. The Hall–Kier alpha value is -2.23. The lowest BCUT2D eigenvalue weighted by molar-refractivity contribution is -0.440. The number of carbonyl (C=O) groups excluding carboxylic acids is 1. The van der Waals surface area contributed by atoms with Crippen molar-refractivity contribution in [2.45, 2.75) is 62.2 Å². The van der Waals surface area contributed by atoms with E-state index in [1.54, 1.807) is 0 Å². The first-order valence-electron chi connectivity index (χ1n) is 7.94. The summed E-state index contributed by atoms with van der Waals surface area (Å²) < 4.78 is 174. The van der Waals surface area contributed by atoms with E-state index in [1.165, 1.54) is 0 Å². The maximum absolute atomic E-state index is 13.9. The molecule has 4 nitrogen and oxygen atoms in total. The number of aliphatic carboxylic acids is 1. The van der Waals surface area contributed by atoms with Gasteiger partial charge in [0.1, 0.15) is 6.10 Å². The summed E-state index contributed by atoms with van der Waals surface area (Å²) in [5.74, 6) is -42.8. The number of alkyl halides is 13. The largest absolute Gasteiger partial charge is 0.478 e. The molecular formula is C15H13F13O4. The van der Waals surface area contributed by atoms with Crippen molar-refractivity contribution in [2.75, 3.05) is 0 Å². The fraction of sp³-hybridized carbons (Fsp3) is 0.733. The highest BCUT2D eigenvalue weighted by Crippen LogP contribution is 2.60. The number of esters is 1. The molecule has 188 valence electrons. The van der Waals surface area contributed by atoms with Crippen LogP contribution in [0.3, 0.4) is 0 Å². The quantitative estimate of drug-likeness (QED) is 0.249. The summed E-state index contributed by atoms with van der Waals surface area (Å²) in [4.78, 5) is 21.5. The summed E-state index contributed by atoms with van der Waals surface area (Å²) in [6.45, 7) is 1.72. The number of halogens is 13. The van der Waals surface area contributed by atoms with E-state index in [1.807, 2.05) is 0 Å². The lowest BCUT2D eigenvalue weighted by Gasteiger charge is -2.40. The van der Waals surface area contributed by atoms with Crippen molar-refractivity contribution in [1.29, 1.82) is 0 Å². The molecule has 0 aromatic heterocycles. The Morgan fingerprint density at radius 2 is 1.16 bits per heavy atom. The minimum Gasteiger partial charge on any atom is -0.478 e. The second-order valence-electron chi connectivity index (χ2n) is 6.59. The van der Waals surface area contributed by atoms with Gasteiger partial charge < -0.3 is 9.84 Å². The highest BCUT2D eigenvalue weighted by atomic mass is 19.4. The third-order valence-electron chi connectivity index (χ3n) is 3.83. The molecule has 17 heteroatoms. The van der Waals surface area contributed by atoms with Crippen LogP contribution >= 0.6 is 0 Å². The van der Waals surface area contributed by atoms with Gasteiger partial charge in [0.25, 0.3) is 0 Å². The van der Waals surface area contributed by atoms with Crippen molar-refractivity contribution in [3.8, 4) is 0 Å². The fourth-order valence-corrected chi connectivity index (χ4v) is 1.92. The minimum atomic E-state index is -8.03. The Morgan fingerprint density at radius 3 is 1.50 bits per heavy atom. The summed E-state index contributed by atoms with van der Waals surface area (Å²) in [5.41, 5.74) is 0. The molecule has 0 heterocycles. The standard InChI is InChI=1S/C15H13F13O4/c1-6(2)7(32-9(31)4-3-8(29)30)5-10(16,17)11(18,19)12(20,21)13(22,23)14(24,25)15(26,27)28/h3-4,6-7H,5H2,1-2H3,(H,29,30). The zero-order chi connectivity index (χ0) is 26.1. The Morgan fingerprint density at radius 1 is 0.750 bits per heavy atom. The molecule has 0 saturated carbocycles. The minimum absolute atomic E-state index is 0.0701. The van der Waals surface area contributed by atoms with Gasteiger partial charge in [-0.05, 0) is 5.92 Å². The molecule has 0 saturated heterocycles. The van der Waals surface area contributed by atoms with Gasteiger partial charge in [-0.2, -0.15) is 57.1 Å². The van der Waals surface area contributed by atoms with E-state index in [2.05, 4.69) is 4.74 Å². The van der Waals surface area contributed by atoms with E-state index in [0.717, 1.165) is 13.8 Å². The molecule has 1 N–H and O–H groups in total. The molecule has 32 heavy (non-hydrogen) atoms. The Kier molecular flexibility index (Phi) is 8.33. The molecule has 1 atom stereocenters.